The Labute approximate surface area is 138 Å². The normalized spacial score (nSPS) is 24.7. The van der Waals surface area contributed by atoms with Crippen LogP contribution >= 0.6 is 0 Å². The van der Waals surface area contributed by atoms with Gasteiger partial charge < -0.3 is 4.74 Å². The fourth-order valence-electron chi connectivity index (χ4n) is 2.26. The van der Waals surface area contributed by atoms with Crippen molar-refractivity contribution in [3.05, 3.63) is 11.3 Å². The molecule has 0 aromatic heterocycles. The Bertz CT molecular complexity index is 315. The molecule has 3 nitrogen and oxygen atoms in total. The SMILES string of the molecule is CCCC1CCC(=C2C(=O)CCC2=O)O1.[K+]. The van der Waals surface area contributed by atoms with Crippen LogP contribution in [0.5, 0.6) is 0 Å². The van der Waals surface area contributed by atoms with E-state index in [9.17, 15) is 9.59 Å². The van der Waals surface area contributed by atoms with Crippen molar-refractivity contribution in [2.45, 2.75) is 51.6 Å². The third-order valence-corrected chi connectivity index (χ3v) is 3.03. The Balaban J connectivity index is 0.00000128. The molecule has 2 fully saturated rings. The average molecular weight is 247 g/mol. The number of carbonyl (C=O) groups excluding carboxylic acids is 2. The minimum Gasteiger partial charge on any atom is -0.494 e. The fraction of sp³-hybridized carbons (Fsp3) is 0.667. The number of rotatable bonds is 2. The van der Waals surface area contributed by atoms with Gasteiger partial charge in [0.1, 0.15) is 5.76 Å². The Morgan fingerprint density at radius 1 is 1.19 bits per heavy atom. The summed E-state index contributed by atoms with van der Waals surface area (Å²) >= 11 is 0. The van der Waals surface area contributed by atoms with E-state index >= 15 is 0 Å². The molecule has 16 heavy (non-hydrogen) atoms. The number of Topliss-reactive ketones (excluding diaryl/α,β-unsaturated/α-hetero) is 2. The Morgan fingerprint density at radius 2 is 1.81 bits per heavy atom. The summed E-state index contributed by atoms with van der Waals surface area (Å²) in [6.07, 6.45) is 4.77. The van der Waals surface area contributed by atoms with Crippen molar-refractivity contribution in [1.29, 1.82) is 0 Å². The Morgan fingerprint density at radius 3 is 2.38 bits per heavy atom. The molecular formula is C12H16KO3+. The van der Waals surface area contributed by atoms with Crippen LogP contribution in [0.15, 0.2) is 11.3 Å². The minimum atomic E-state index is -0.0212. The molecule has 2 aliphatic rings. The standard InChI is InChI=1S/C12H16O3.K/c1-2-3-8-4-7-11(15-8)12-9(13)5-6-10(12)14;/h8H,2-7H2,1H3;/q;+1. The van der Waals surface area contributed by atoms with E-state index in [1.165, 1.54) is 0 Å². The first kappa shape index (κ1) is 14.6. The van der Waals surface area contributed by atoms with Gasteiger partial charge in [0, 0.05) is 19.3 Å². The maximum absolute atomic E-state index is 11.5. The zero-order valence-corrected chi connectivity index (χ0v) is 13.2. The molecule has 1 aliphatic heterocycles. The number of ketones is 2. The van der Waals surface area contributed by atoms with Gasteiger partial charge in [-0.3, -0.25) is 9.59 Å². The largest absolute Gasteiger partial charge is 1.00 e. The number of allylic oxidation sites excluding steroid dienone is 2. The van der Waals surface area contributed by atoms with Gasteiger partial charge in [0.2, 0.25) is 0 Å². The van der Waals surface area contributed by atoms with Gasteiger partial charge in [0.15, 0.2) is 11.6 Å². The predicted octanol–water partition coefficient (Wildman–Crippen LogP) is -0.844. The summed E-state index contributed by atoms with van der Waals surface area (Å²) in [5.41, 5.74) is 0.369. The second-order valence-electron chi connectivity index (χ2n) is 4.21. The van der Waals surface area contributed by atoms with Crippen LogP contribution in [0.3, 0.4) is 0 Å². The molecule has 0 radical (unpaired) electrons. The third-order valence-electron chi connectivity index (χ3n) is 3.03. The summed E-state index contributed by atoms with van der Waals surface area (Å²) in [7, 11) is 0. The van der Waals surface area contributed by atoms with E-state index in [0.717, 1.165) is 25.7 Å². The van der Waals surface area contributed by atoms with E-state index in [0.29, 0.717) is 24.2 Å². The van der Waals surface area contributed by atoms with Crippen molar-refractivity contribution >= 4 is 11.6 Å². The molecule has 0 amide bonds. The number of hydrogen-bond donors (Lipinski definition) is 0. The monoisotopic (exact) mass is 247 g/mol. The predicted molar refractivity (Wildman–Crippen MR) is 55.3 cm³/mol. The molecule has 0 spiro atoms. The van der Waals surface area contributed by atoms with Gasteiger partial charge in [0.25, 0.3) is 0 Å². The molecule has 0 N–H and O–H groups in total. The van der Waals surface area contributed by atoms with Gasteiger partial charge in [-0.1, -0.05) is 13.3 Å². The van der Waals surface area contributed by atoms with Crippen LogP contribution in [-0.2, 0) is 14.3 Å². The topological polar surface area (TPSA) is 43.4 Å². The molecule has 1 saturated carbocycles. The first-order chi connectivity index (χ1) is 7.22. The van der Waals surface area contributed by atoms with E-state index in [2.05, 4.69) is 6.92 Å². The van der Waals surface area contributed by atoms with Gasteiger partial charge in [-0.15, -0.1) is 0 Å². The van der Waals surface area contributed by atoms with Gasteiger partial charge >= 0.3 is 51.4 Å². The fourth-order valence-corrected chi connectivity index (χ4v) is 2.26. The van der Waals surface area contributed by atoms with Crippen molar-refractivity contribution in [3.63, 3.8) is 0 Å². The molecule has 1 unspecified atom stereocenters. The maximum atomic E-state index is 11.5. The molecule has 1 saturated heterocycles. The van der Waals surface area contributed by atoms with E-state index in [1.54, 1.807) is 0 Å². The van der Waals surface area contributed by atoms with Gasteiger partial charge in [-0.25, -0.2) is 0 Å². The smallest absolute Gasteiger partial charge is 0.494 e. The zero-order chi connectivity index (χ0) is 10.8. The van der Waals surface area contributed by atoms with E-state index in [1.807, 2.05) is 0 Å². The first-order valence-electron chi connectivity index (χ1n) is 5.68. The Hall–Kier alpha value is 0.516. The van der Waals surface area contributed by atoms with E-state index < -0.39 is 0 Å². The van der Waals surface area contributed by atoms with Crippen LogP contribution in [0.4, 0.5) is 0 Å². The summed E-state index contributed by atoms with van der Waals surface area (Å²) < 4.78 is 5.66. The summed E-state index contributed by atoms with van der Waals surface area (Å²) in [5.74, 6) is 0.625. The Kier molecular flexibility index (Phi) is 5.88. The van der Waals surface area contributed by atoms with Crippen LogP contribution in [0.2, 0.25) is 0 Å². The molecule has 2 rings (SSSR count). The second-order valence-corrected chi connectivity index (χ2v) is 4.21. The number of carbonyl (C=O) groups is 2. The van der Waals surface area contributed by atoms with Crippen molar-refractivity contribution < 1.29 is 65.7 Å². The third kappa shape index (κ3) is 3.04. The summed E-state index contributed by atoms with van der Waals surface area (Å²) in [6.45, 7) is 2.11. The van der Waals surface area contributed by atoms with Crippen LogP contribution in [0, 0.1) is 0 Å². The van der Waals surface area contributed by atoms with E-state index in [4.69, 9.17) is 4.74 Å². The molecule has 0 bridgehead atoms. The molecule has 4 heteroatoms. The van der Waals surface area contributed by atoms with Crippen LogP contribution < -0.4 is 51.4 Å². The maximum Gasteiger partial charge on any atom is 1.00 e. The van der Waals surface area contributed by atoms with Gasteiger partial charge in [-0.05, 0) is 12.8 Å². The summed E-state index contributed by atoms with van der Waals surface area (Å²) in [5, 5.41) is 0. The summed E-state index contributed by atoms with van der Waals surface area (Å²) in [4.78, 5) is 23.0. The van der Waals surface area contributed by atoms with Gasteiger partial charge in [0.05, 0.1) is 11.7 Å². The molecule has 1 aliphatic carbocycles. The first-order valence-corrected chi connectivity index (χ1v) is 5.68. The molecule has 1 atom stereocenters. The van der Waals surface area contributed by atoms with Crippen molar-refractivity contribution in [1.82, 2.24) is 0 Å². The molecule has 1 heterocycles. The van der Waals surface area contributed by atoms with Crippen LogP contribution in [0.1, 0.15) is 45.4 Å². The van der Waals surface area contributed by atoms with Crippen molar-refractivity contribution in [2.24, 2.45) is 0 Å². The number of hydrogen-bond acceptors (Lipinski definition) is 3. The van der Waals surface area contributed by atoms with Crippen molar-refractivity contribution in [2.75, 3.05) is 0 Å². The second kappa shape index (κ2) is 6.45. The van der Waals surface area contributed by atoms with Crippen molar-refractivity contribution in [3.8, 4) is 0 Å². The molecule has 82 valence electrons. The molecule has 0 aromatic rings. The average Bonchev–Trinajstić information content (AvgIpc) is 2.75. The zero-order valence-electron chi connectivity index (χ0n) is 10.0. The number of ether oxygens (including phenoxy) is 1. The van der Waals surface area contributed by atoms with Crippen LogP contribution in [-0.4, -0.2) is 17.7 Å². The quantitative estimate of drug-likeness (QED) is 0.363. The van der Waals surface area contributed by atoms with E-state index in [-0.39, 0.29) is 69.1 Å². The summed E-state index contributed by atoms with van der Waals surface area (Å²) in [6, 6.07) is 0. The van der Waals surface area contributed by atoms with Crippen LogP contribution in [0.25, 0.3) is 0 Å². The van der Waals surface area contributed by atoms with Gasteiger partial charge in [-0.2, -0.15) is 0 Å². The molecular weight excluding hydrogens is 231 g/mol. The minimum absolute atomic E-state index is 0. The molecule has 0 aromatic carbocycles.